The minimum absolute atomic E-state index is 0.0298. The van der Waals surface area contributed by atoms with Gasteiger partial charge in [0.2, 0.25) is 10.0 Å². The summed E-state index contributed by atoms with van der Waals surface area (Å²) in [6.07, 6.45) is 1.66. The number of nitrogens with one attached hydrogen (secondary N) is 2. The van der Waals surface area contributed by atoms with Crippen molar-refractivity contribution in [1.82, 2.24) is 10.0 Å². The van der Waals surface area contributed by atoms with Crippen LogP contribution in [0.5, 0.6) is 0 Å². The van der Waals surface area contributed by atoms with Crippen LogP contribution in [0.3, 0.4) is 0 Å². The third-order valence-electron chi connectivity index (χ3n) is 4.09. The fraction of sp³-hybridized carbons (Fsp3) is 0.350. The highest BCUT2D eigenvalue weighted by atomic mass is 32.2. The standard InChI is InChI=1S/C20H26N2O4S/c1-16(11-12-17-7-4-3-5-8-17)22-20(23)18-9-6-10-19(15-18)27(24,25)21-13-14-26-2/h3-10,15-16,21H,11-14H2,1-2H3,(H,22,23). The molecule has 0 saturated carbocycles. The van der Waals surface area contributed by atoms with E-state index >= 15 is 0 Å². The van der Waals surface area contributed by atoms with Gasteiger partial charge < -0.3 is 10.1 Å². The highest BCUT2D eigenvalue weighted by Gasteiger charge is 2.16. The third kappa shape index (κ3) is 6.78. The molecule has 2 aromatic rings. The van der Waals surface area contributed by atoms with Crippen molar-refractivity contribution in [3.05, 3.63) is 65.7 Å². The Hall–Kier alpha value is -2.22. The van der Waals surface area contributed by atoms with Crippen LogP contribution in [0.2, 0.25) is 0 Å². The number of carbonyl (C=O) groups excluding carboxylic acids is 1. The minimum Gasteiger partial charge on any atom is -0.383 e. The summed E-state index contributed by atoms with van der Waals surface area (Å²) in [4.78, 5) is 12.5. The van der Waals surface area contributed by atoms with E-state index in [0.717, 1.165) is 12.8 Å². The van der Waals surface area contributed by atoms with E-state index < -0.39 is 10.0 Å². The van der Waals surface area contributed by atoms with Gasteiger partial charge in [-0.3, -0.25) is 4.79 Å². The van der Waals surface area contributed by atoms with Crippen molar-refractivity contribution in [2.24, 2.45) is 0 Å². The molecule has 0 radical (unpaired) electrons. The summed E-state index contributed by atoms with van der Waals surface area (Å²) in [6.45, 7) is 2.39. The molecule has 2 N–H and O–H groups in total. The molecule has 0 heterocycles. The van der Waals surface area contributed by atoms with Crippen LogP contribution < -0.4 is 10.0 Å². The molecule has 0 fully saturated rings. The van der Waals surface area contributed by atoms with Crippen molar-refractivity contribution < 1.29 is 17.9 Å². The molecule has 6 nitrogen and oxygen atoms in total. The van der Waals surface area contributed by atoms with Crippen LogP contribution in [0.15, 0.2) is 59.5 Å². The van der Waals surface area contributed by atoms with Gasteiger partial charge in [0.25, 0.3) is 5.91 Å². The first-order valence-electron chi connectivity index (χ1n) is 8.86. The second-order valence-corrected chi connectivity index (χ2v) is 8.08. The van der Waals surface area contributed by atoms with Crippen LogP contribution in [0.4, 0.5) is 0 Å². The molecule has 27 heavy (non-hydrogen) atoms. The van der Waals surface area contributed by atoms with Gasteiger partial charge in [-0.1, -0.05) is 36.4 Å². The largest absolute Gasteiger partial charge is 0.383 e. The number of amides is 1. The van der Waals surface area contributed by atoms with Crippen molar-refractivity contribution in [1.29, 1.82) is 0 Å². The third-order valence-corrected chi connectivity index (χ3v) is 5.55. The van der Waals surface area contributed by atoms with Crippen molar-refractivity contribution in [2.75, 3.05) is 20.3 Å². The van der Waals surface area contributed by atoms with E-state index in [4.69, 9.17) is 4.74 Å². The molecule has 1 amide bonds. The topological polar surface area (TPSA) is 84.5 Å². The summed E-state index contributed by atoms with van der Waals surface area (Å²) in [5.41, 5.74) is 1.53. The zero-order valence-electron chi connectivity index (χ0n) is 15.6. The lowest BCUT2D eigenvalue weighted by atomic mass is 10.1. The number of carbonyl (C=O) groups is 1. The zero-order valence-corrected chi connectivity index (χ0v) is 16.5. The number of ether oxygens (including phenoxy) is 1. The van der Waals surface area contributed by atoms with Gasteiger partial charge in [-0.05, 0) is 43.5 Å². The first-order valence-corrected chi connectivity index (χ1v) is 10.3. The predicted molar refractivity (Wildman–Crippen MR) is 105 cm³/mol. The van der Waals surface area contributed by atoms with Crippen LogP contribution in [0.1, 0.15) is 29.3 Å². The van der Waals surface area contributed by atoms with Crippen molar-refractivity contribution in [2.45, 2.75) is 30.7 Å². The molecule has 1 unspecified atom stereocenters. The van der Waals surface area contributed by atoms with E-state index in [1.807, 2.05) is 25.1 Å². The first kappa shape index (κ1) is 21.1. The average molecular weight is 391 g/mol. The minimum atomic E-state index is -3.67. The summed E-state index contributed by atoms with van der Waals surface area (Å²) in [6, 6.07) is 16.0. The normalized spacial score (nSPS) is 12.5. The summed E-state index contributed by atoms with van der Waals surface area (Å²) in [7, 11) is -2.18. The van der Waals surface area contributed by atoms with Gasteiger partial charge in [-0.2, -0.15) is 0 Å². The Labute approximate surface area is 161 Å². The van der Waals surface area contributed by atoms with Gasteiger partial charge in [-0.25, -0.2) is 13.1 Å². The summed E-state index contributed by atoms with van der Waals surface area (Å²) in [5, 5.41) is 2.92. The van der Waals surface area contributed by atoms with E-state index in [1.54, 1.807) is 12.1 Å². The number of rotatable bonds is 10. The Morgan fingerprint density at radius 2 is 1.85 bits per heavy atom. The van der Waals surface area contributed by atoms with E-state index in [9.17, 15) is 13.2 Å². The molecule has 0 aliphatic carbocycles. The van der Waals surface area contributed by atoms with Crippen LogP contribution in [-0.2, 0) is 21.2 Å². The number of aryl methyl sites for hydroxylation is 1. The van der Waals surface area contributed by atoms with Crippen LogP contribution in [0.25, 0.3) is 0 Å². The molecule has 0 spiro atoms. The first-order chi connectivity index (χ1) is 12.9. The quantitative estimate of drug-likeness (QED) is 0.610. The van der Waals surface area contributed by atoms with E-state index in [1.165, 1.54) is 24.8 Å². The fourth-order valence-electron chi connectivity index (χ4n) is 2.57. The molecule has 0 aromatic heterocycles. The summed E-state index contributed by atoms with van der Waals surface area (Å²) in [5.74, 6) is -0.287. The summed E-state index contributed by atoms with van der Waals surface area (Å²) >= 11 is 0. The number of benzene rings is 2. The Morgan fingerprint density at radius 1 is 1.11 bits per heavy atom. The fourth-order valence-corrected chi connectivity index (χ4v) is 3.63. The molecule has 0 saturated heterocycles. The molecular formula is C20H26N2O4S. The molecular weight excluding hydrogens is 364 g/mol. The molecule has 2 aromatic carbocycles. The van der Waals surface area contributed by atoms with E-state index in [2.05, 4.69) is 22.2 Å². The highest BCUT2D eigenvalue weighted by Crippen LogP contribution is 2.12. The molecule has 1 atom stereocenters. The number of methoxy groups -OCH3 is 1. The maximum absolute atomic E-state index is 12.5. The Bertz CT molecular complexity index is 838. The number of hydrogen-bond donors (Lipinski definition) is 2. The second kappa shape index (κ2) is 10.2. The maximum atomic E-state index is 12.5. The van der Waals surface area contributed by atoms with Crippen molar-refractivity contribution >= 4 is 15.9 Å². The van der Waals surface area contributed by atoms with Crippen LogP contribution in [-0.4, -0.2) is 40.6 Å². The Kier molecular flexibility index (Phi) is 7.97. The molecule has 0 aliphatic rings. The summed E-state index contributed by atoms with van der Waals surface area (Å²) < 4.78 is 31.8. The maximum Gasteiger partial charge on any atom is 0.251 e. The van der Waals surface area contributed by atoms with Crippen LogP contribution >= 0.6 is 0 Å². The molecule has 7 heteroatoms. The zero-order chi connectivity index (χ0) is 19.7. The van der Waals surface area contributed by atoms with Crippen molar-refractivity contribution in [3.8, 4) is 0 Å². The molecule has 0 bridgehead atoms. The number of sulfonamides is 1. The monoisotopic (exact) mass is 390 g/mol. The molecule has 0 aliphatic heterocycles. The highest BCUT2D eigenvalue weighted by molar-refractivity contribution is 7.89. The molecule has 2 rings (SSSR count). The lowest BCUT2D eigenvalue weighted by molar-refractivity contribution is 0.0938. The van der Waals surface area contributed by atoms with Crippen molar-refractivity contribution in [3.63, 3.8) is 0 Å². The van der Waals surface area contributed by atoms with Crippen LogP contribution in [0, 0.1) is 0 Å². The average Bonchev–Trinajstić information content (AvgIpc) is 2.67. The van der Waals surface area contributed by atoms with Gasteiger partial charge in [0.05, 0.1) is 11.5 Å². The van der Waals surface area contributed by atoms with E-state index in [-0.39, 0.29) is 30.0 Å². The van der Waals surface area contributed by atoms with E-state index in [0.29, 0.717) is 5.56 Å². The molecule has 146 valence electrons. The lowest BCUT2D eigenvalue weighted by Gasteiger charge is -2.14. The SMILES string of the molecule is COCCNS(=O)(=O)c1cccc(C(=O)NC(C)CCc2ccccc2)c1. The predicted octanol–water partition coefficient (Wildman–Crippen LogP) is 2.36. The van der Waals surface area contributed by atoms with Gasteiger partial charge in [0.15, 0.2) is 0 Å². The number of hydrogen-bond acceptors (Lipinski definition) is 4. The smallest absolute Gasteiger partial charge is 0.251 e. The Balaban J connectivity index is 1.96. The lowest BCUT2D eigenvalue weighted by Crippen LogP contribution is -2.33. The second-order valence-electron chi connectivity index (χ2n) is 6.32. The van der Waals surface area contributed by atoms with Gasteiger partial charge >= 0.3 is 0 Å². The van der Waals surface area contributed by atoms with Gasteiger partial charge in [0.1, 0.15) is 0 Å². The van der Waals surface area contributed by atoms with Gasteiger partial charge in [-0.15, -0.1) is 0 Å². The Morgan fingerprint density at radius 3 is 2.56 bits per heavy atom. The van der Waals surface area contributed by atoms with Gasteiger partial charge in [0, 0.05) is 25.3 Å².